The highest BCUT2D eigenvalue weighted by Gasteiger charge is 2.14. The van der Waals surface area contributed by atoms with Crippen molar-refractivity contribution < 1.29 is 9.53 Å². The quantitative estimate of drug-likeness (QED) is 0.520. The Morgan fingerprint density at radius 3 is 2.59 bits per heavy atom. The number of amides is 1. The summed E-state index contributed by atoms with van der Waals surface area (Å²) >= 11 is 13.8. The molecule has 0 saturated heterocycles. The maximum Gasteiger partial charge on any atom is 0.253 e. The van der Waals surface area contributed by atoms with Crippen LogP contribution in [0.1, 0.15) is 26.6 Å². The molecule has 3 aromatic rings. The highest BCUT2D eigenvalue weighted by atomic mass is 35.5. The minimum Gasteiger partial charge on any atom is -0.487 e. The van der Waals surface area contributed by atoms with Gasteiger partial charge in [-0.05, 0) is 42.8 Å². The maximum atomic E-state index is 12.6. The van der Waals surface area contributed by atoms with E-state index in [0.29, 0.717) is 34.5 Å². The summed E-state index contributed by atoms with van der Waals surface area (Å²) in [6.45, 7) is 2.74. The molecule has 140 valence electrons. The van der Waals surface area contributed by atoms with Crippen molar-refractivity contribution in [3.63, 3.8) is 0 Å². The number of rotatable bonds is 6. The number of hydrogen-bond donors (Lipinski definition) is 0. The first-order chi connectivity index (χ1) is 12.9. The van der Waals surface area contributed by atoms with Crippen molar-refractivity contribution in [2.75, 3.05) is 7.05 Å². The zero-order valence-electron chi connectivity index (χ0n) is 14.9. The number of carbonyl (C=O) groups excluding carboxylic acids is 1. The van der Waals surface area contributed by atoms with Gasteiger partial charge >= 0.3 is 0 Å². The molecule has 2 aromatic carbocycles. The monoisotopic (exact) mass is 420 g/mol. The standard InChI is InChI=1S/C20H18Cl2N2O2S/c1-13-23-16(12-27-13)11-26-17-8-6-14(7-9-17)20(25)24(2)10-15-4-3-5-18(21)19(15)22/h3-9,12H,10-11H2,1-2H3. The summed E-state index contributed by atoms with van der Waals surface area (Å²) in [5.41, 5.74) is 2.28. The predicted molar refractivity (Wildman–Crippen MR) is 110 cm³/mol. The molecule has 0 bridgehead atoms. The van der Waals surface area contributed by atoms with Crippen LogP contribution in [-0.4, -0.2) is 22.8 Å². The van der Waals surface area contributed by atoms with E-state index in [9.17, 15) is 4.79 Å². The molecule has 0 fully saturated rings. The number of benzene rings is 2. The van der Waals surface area contributed by atoms with E-state index in [0.717, 1.165) is 16.3 Å². The van der Waals surface area contributed by atoms with Gasteiger partial charge in [-0.15, -0.1) is 11.3 Å². The SMILES string of the molecule is Cc1nc(COc2ccc(C(=O)N(C)Cc3cccc(Cl)c3Cl)cc2)cs1. The van der Waals surface area contributed by atoms with E-state index < -0.39 is 0 Å². The van der Waals surface area contributed by atoms with Gasteiger partial charge in [-0.2, -0.15) is 0 Å². The van der Waals surface area contributed by atoms with Crippen LogP contribution < -0.4 is 4.74 Å². The van der Waals surface area contributed by atoms with Crippen molar-refractivity contribution in [1.82, 2.24) is 9.88 Å². The van der Waals surface area contributed by atoms with Gasteiger partial charge in [0.1, 0.15) is 12.4 Å². The molecule has 27 heavy (non-hydrogen) atoms. The van der Waals surface area contributed by atoms with E-state index in [1.165, 1.54) is 0 Å². The Morgan fingerprint density at radius 1 is 1.19 bits per heavy atom. The van der Waals surface area contributed by atoms with Crippen LogP contribution in [0.25, 0.3) is 0 Å². The van der Waals surface area contributed by atoms with Crippen LogP contribution >= 0.6 is 34.5 Å². The number of nitrogens with zero attached hydrogens (tertiary/aromatic N) is 2. The van der Waals surface area contributed by atoms with Crippen molar-refractivity contribution >= 4 is 40.4 Å². The van der Waals surface area contributed by atoms with E-state index in [-0.39, 0.29) is 5.91 Å². The molecule has 7 heteroatoms. The number of aryl methyl sites for hydroxylation is 1. The lowest BCUT2D eigenvalue weighted by Crippen LogP contribution is -2.26. The highest BCUT2D eigenvalue weighted by molar-refractivity contribution is 7.09. The summed E-state index contributed by atoms with van der Waals surface area (Å²) in [5.74, 6) is 0.588. The lowest BCUT2D eigenvalue weighted by atomic mass is 10.1. The number of carbonyl (C=O) groups is 1. The Morgan fingerprint density at radius 2 is 1.93 bits per heavy atom. The van der Waals surface area contributed by atoms with Gasteiger partial charge in [0.25, 0.3) is 5.91 Å². The van der Waals surface area contributed by atoms with Gasteiger partial charge in [-0.1, -0.05) is 35.3 Å². The molecule has 0 aliphatic carbocycles. The third kappa shape index (κ3) is 5.01. The Bertz CT molecular complexity index is 941. The van der Waals surface area contributed by atoms with Crippen LogP contribution in [0.5, 0.6) is 5.75 Å². The molecule has 0 spiro atoms. The van der Waals surface area contributed by atoms with Crippen molar-refractivity contribution in [2.45, 2.75) is 20.1 Å². The Labute approximate surface area is 172 Å². The minimum absolute atomic E-state index is 0.104. The number of thiazole rings is 1. The summed E-state index contributed by atoms with van der Waals surface area (Å²) in [6.07, 6.45) is 0. The largest absolute Gasteiger partial charge is 0.487 e. The van der Waals surface area contributed by atoms with Gasteiger partial charge in [0, 0.05) is 24.5 Å². The van der Waals surface area contributed by atoms with Crippen LogP contribution in [0.4, 0.5) is 0 Å². The molecule has 0 atom stereocenters. The second-order valence-corrected chi connectivity index (χ2v) is 7.89. The van der Waals surface area contributed by atoms with Crippen LogP contribution in [0.15, 0.2) is 47.8 Å². The average Bonchev–Trinajstić information content (AvgIpc) is 3.09. The molecule has 3 rings (SSSR count). The van der Waals surface area contributed by atoms with Gasteiger partial charge < -0.3 is 9.64 Å². The summed E-state index contributed by atoms with van der Waals surface area (Å²) in [6, 6.07) is 12.5. The zero-order valence-corrected chi connectivity index (χ0v) is 17.2. The maximum absolute atomic E-state index is 12.6. The van der Waals surface area contributed by atoms with Gasteiger partial charge in [-0.3, -0.25) is 4.79 Å². The molecule has 0 aliphatic heterocycles. The van der Waals surface area contributed by atoms with Crippen LogP contribution in [0.3, 0.4) is 0 Å². The molecule has 0 saturated carbocycles. The molecule has 0 unspecified atom stereocenters. The lowest BCUT2D eigenvalue weighted by molar-refractivity contribution is 0.0785. The van der Waals surface area contributed by atoms with Crippen LogP contribution in [0, 0.1) is 6.92 Å². The van der Waals surface area contributed by atoms with Crippen LogP contribution in [-0.2, 0) is 13.2 Å². The third-order valence-electron chi connectivity index (χ3n) is 3.94. The topological polar surface area (TPSA) is 42.4 Å². The summed E-state index contributed by atoms with van der Waals surface area (Å²) in [4.78, 5) is 18.6. The molecular weight excluding hydrogens is 403 g/mol. The number of hydrogen-bond acceptors (Lipinski definition) is 4. The molecule has 4 nitrogen and oxygen atoms in total. The Kier molecular flexibility index (Phi) is 6.37. The van der Waals surface area contributed by atoms with Gasteiger partial charge in [-0.25, -0.2) is 4.98 Å². The fraction of sp³-hybridized carbons (Fsp3) is 0.200. The predicted octanol–water partition coefficient (Wildman–Crippen LogP) is 5.61. The van der Waals surface area contributed by atoms with E-state index in [4.69, 9.17) is 27.9 Å². The molecule has 1 heterocycles. The van der Waals surface area contributed by atoms with Crippen molar-refractivity contribution in [1.29, 1.82) is 0 Å². The number of halogens is 2. The van der Waals surface area contributed by atoms with Gasteiger partial charge in [0.2, 0.25) is 0 Å². The average molecular weight is 421 g/mol. The van der Waals surface area contributed by atoms with E-state index >= 15 is 0 Å². The van der Waals surface area contributed by atoms with Gasteiger partial charge in [0.05, 0.1) is 20.7 Å². The number of aromatic nitrogens is 1. The van der Waals surface area contributed by atoms with E-state index in [1.54, 1.807) is 53.6 Å². The smallest absolute Gasteiger partial charge is 0.253 e. The molecule has 1 aromatic heterocycles. The third-order valence-corrected chi connectivity index (χ3v) is 5.62. The first-order valence-corrected chi connectivity index (χ1v) is 9.90. The fourth-order valence-corrected chi connectivity index (χ4v) is 3.52. The lowest BCUT2D eigenvalue weighted by Gasteiger charge is -2.18. The van der Waals surface area contributed by atoms with E-state index in [2.05, 4.69) is 4.98 Å². The first kappa shape index (κ1) is 19.7. The van der Waals surface area contributed by atoms with Crippen molar-refractivity contribution in [3.05, 3.63) is 79.7 Å². The summed E-state index contributed by atoms with van der Waals surface area (Å²) in [5, 5.41) is 3.94. The normalized spacial score (nSPS) is 10.7. The molecule has 0 N–H and O–H groups in total. The van der Waals surface area contributed by atoms with Gasteiger partial charge in [0.15, 0.2) is 0 Å². The minimum atomic E-state index is -0.104. The summed E-state index contributed by atoms with van der Waals surface area (Å²) < 4.78 is 5.71. The zero-order chi connectivity index (χ0) is 19.4. The number of ether oxygens (including phenoxy) is 1. The molecule has 1 amide bonds. The Hall–Kier alpha value is -2.08. The van der Waals surface area contributed by atoms with E-state index in [1.807, 2.05) is 24.4 Å². The Balaban J connectivity index is 1.61. The first-order valence-electron chi connectivity index (χ1n) is 8.26. The molecular formula is C20H18Cl2N2O2S. The second kappa shape index (κ2) is 8.74. The van der Waals surface area contributed by atoms with Crippen molar-refractivity contribution in [2.24, 2.45) is 0 Å². The fourth-order valence-electron chi connectivity index (χ4n) is 2.54. The highest BCUT2D eigenvalue weighted by Crippen LogP contribution is 2.26. The second-order valence-electron chi connectivity index (χ2n) is 6.05. The van der Waals surface area contributed by atoms with Crippen molar-refractivity contribution in [3.8, 4) is 5.75 Å². The molecule has 0 aliphatic rings. The summed E-state index contributed by atoms with van der Waals surface area (Å²) in [7, 11) is 1.73. The molecule has 0 radical (unpaired) electrons. The van der Waals surface area contributed by atoms with Crippen LogP contribution in [0.2, 0.25) is 10.0 Å².